The van der Waals surface area contributed by atoms with Gasteiger partial charge in [-0.05, 0) is 20.8 Å². The summed E-state index contributed by atoms with van der Waals surface area (Å²) in [5.41, 5.74) is -0.356. The van der Waals surface area contributed by atoms with Gasteiger partial charge in [0.1, 0.15) is 0 Å². The lowest BCUT2D eigenvalue weighted by atomic mass is 10.2. The number of carbonyl (C=O) groups is 2. The minimum Gasteiger partial charge on any atom is -0.467 e. The van der Waals surface area contributed by atoms with Gasteiger partial charge in [-0.3, -0.25) is 4.79 Å². The van der Waals surface area contributed by atoms with E-state index >= 15 is 0 Å². The van der Waals surface area contributed by atoms with Crippen LogP contribution in [0.1, 0.15) is 27.7 Å². The van der Waals surface area contributed by atoms with Crippen molar-refractivity contribution in [1.29, 1.82) is 0 Å². The van der Waals surface area contributed by atoms with Gasteiger partial charge in [-0.2, -0.15) is 0 Å². The third kappa shape index (κ3) is 6.90. The predicted octanol–water partition coefficient (Wildman–Crippen LogP) is 0.479. The van der Waals surface area contributed by atoms with Crippen molar-refractivity contribution in [3.05, 3.63) is 0 Å². The van der Waals surface area contributed by atoms with Gasteiger partial charge in [0.25, 0.3) is 0 Å². The molecular weight excluding hydrogens is 198 g/mol. The standard InChI is InChI=1S/C10H19NO4/c1-7(12)11-8(9(13)14-5)6-15-10(2,3)4/h8H,6H2,1-5H3,(H,11,12)/t8-/m0/s1. The molecule has 0 aromatic heterocycles. The van der Waals surface area contributed by atoms with Gasteiger partial charge in [0, 0.05) is 6.92 Å². The topological polar surface area (TPSA) is 64.6 Å². The summed E-state index contributed by atoms with van der Waals surface area (Å²) in [6.45, 7) is 7.06. The molecule has 5 heteroatoms. The summed E-state index contributed by atoms with van der Waals surface area (Å²) < 4.78 is 9.94. The second kappa shape index (κ2) is 5.70. The molecular formula is C10H19NO4. The summed E-state index contributed by atoms with van der Waals surface area (Å²) in [5, 5.41) is 2.46. The maximum Gasteiger partial charge on any atom is 0.330 e. The molecule has 0 saturated carbocycles. The van der Waals surface area contributed by atoms with Crippen LogP contribution < -0.4 is 5.32 Å². The highest BCUT2D eigenvalue weighted by Crippen LogP contribution is 2.07. The zero-order chi connectivity index (χ0) is 12.1. The number of amides is 1. The van der Waals surface area contributed by atoms with Crippen LogP contribution in [0.15, 0.2) is 0 Å². The quantitative estimate of drug-likeness (QED) is 0.696. The zero-order valence-corrected chi connectivity index (χ0v) is 9.92. The molecule has 0 fully saturated rings. The molecule has 1 atom stereocenters. The van der Waals surface area contributed by atoms with E-state index < -0.39 is 12.0 Å². The van der Waals surface area contributed by atoms with E-state index in [1.54, 1.807) is 0 Å². The summed E-state index contributed by atoms with van der Waals surface area (Å²) in [6, 6.07) is -0.744. The van der Waals surface area contributed by atoms with Gasteiger partial charge >= 0.3 is 5.97 Å². The van der Waals surface area contributed by atoms with Crippen molar-refractivity contribution < 1.29 is 19.1 Å². The molecule has 0 aromatic rings. The van der Waals surface area contributed by atoms with Crippen LogP contribution in [0.4, 0.5) is 0 Å². The average Bonchev–Trinajstić information content (AvgIpc) is 2.09. The Bertz CT molecular complexity index is 232. The molecule has 0 saturated heterocycles. The third-order valence-electron chi connectivity index (χ3n) is 1.55. The van der Waals surface area contributed by atoms with Crippen molar-refractivity contribution in [2.45, 2.75) is 39.3 Å². The smallest absolute Gasteiger partial charge is 0.330 e. The minimum absolute atomic E-state index is 0.107. The van der Waals surface area contributed by atoms with Crippen LogP contribution in [-0.2, 0) is 19.1 Å². The molecule has 1 N–H and O–H groups in total. The van der Waals surface area contributed by atoms with Crippen molar-refractivity contribution in [3.8, 4) is 0 Å². The number of nitrogens with one attached hydrogen (secondary N) is 1. The van der Waals surface area contributed by atoms with Gasteiger partial charge < -0.3 is 14.8 Å². The first-order valence-electron chi connectivity index (χ1n) is 4.75. The second-order valence-electron chi connectivity index (χ2n) is 4.20. The van der Waals surface area contributed by atoms with Gasteiger partial charge in [-0.1, -0.05) is 0 Å². The van der Waals surface area contributed by atoms with Gasteiger partial charge in [0.15, 0.2) is 6.04 Å². The average molecular weight is 217 g/mol. The Kier molecular flexibility index (Phi) is 5.28. The highest BCUT2D eigenvalue weighted by atomic mass is 16.5. The monoisotopic (exact) mass is 217 g/mol. The van der Waals surface area contributed by atoms with E-state index in [0.29, 0.717) is 0 Å². The minimum atomic E-state index is -0.744. The molecule has 5 nitrogen and oxygen atoms in total. The predicted molar refractivity (Wildman–Crippen MR) is 55.3 cm³/mol. The van der Waals surface area contributed by atoms with Crippen molar-refractivity contribution in [2.75, 3.05) is 13.7 Å². The Morgan fingerprint density at radius 1 is 1.33 bits per heavy atom. The summed E-state index contributed by atoms with van der Waals surface area (Å²) in [7, 11) is 1.27. The Balaban J connectivity index is 4.25. The van der Waals surface area contributed by atoms with E-state index in [-0.39, 0.29) is 18.1 Å². The first kappa shape index (κ1) is 13.9. The van der Waals surface area contributed by atoms with E-state index in [1.807, 2.05) is 20.8 Å². The molecule has 0 unspecified atom stereocenters. The van der Waals surface area contributed by atoms with Crippen LogP contribution >= 0.6 is 0 Å². The van der Waals surface area contributed by atoms with E-state index in [9.17, 15) is 9.59 Å². The third-order valence-corrected chi connectivity index (χ3v) is 1.55. The number of hydrogen-bond donors (Lipinski definition) is 1. The molecule has 88 valence electrons. The fraction of sp³-hybridized carbons (Fsp3) is 0.800. The second-order valence-corrected chi connectivity index (χ2v) is 4.20. The van der Waals surface area contributed by atoms with Crippen LogP contribution in [-0.4, -0.2) is 37.2 Å². The SMILES string of the molecule is COC(=O)[C@H](COC(C)(C)C)NC(C)=O. The fourth-order valence-electron chi connectivity index (χ4n) is 0.890. The lowest BCUT2D eigenvalue weighted by molar-refractivity contribution is -0.148. The van der Waals surface area contributed by atoms with Gasteiger partial charge in [-0.25, -0.2) is 4.79 Å². The first-order valence-corrected chi connectivity index (χ1v) is 4.75. The number of hydrogen-bond acceptors (Lipinski definition) is 4. The Hall–Kier alpha value is -1.10. The van der Waals surface area contributed by atoms with E-state index in [0.717, 1.165) is 0 Å². The summed E-state index contributed by atoms with van der Waals surface area (Å²) >= 11 is 0. The molecule has 0 aliphatic carbocycles. The number of carbonyl (C=O) groups excluding carboxylic acids is 2. The molecule has 15 heavy (non-hydrogen) atoms. The van der Waals surface area contributed by atoms with Crippen LogP contribution in [0, 0.1) is 0 Å². The summed E-state index contributed by atoms with van der Waals surface area (Å²) in [6.07, 6.45) is 0. The van der Waals surface area contributed by atoms with Crippen molar-refractivity contribution >= 4 is 11.9 Å². The zero-order valence-electron chi connectivity index (χ0n) is 9.92. The molecule has 0 rings (SSSR count). The maximum atomic E-state index is 11.2. The first-order chi connectivity index (χ1) is 6.76. The van der Waals surface area contributed by atoms with Gasteiger partial charge in [-0.15, -0.1) is 0 Å². The maximum absolute atomic E-state index is 11.2. The molecule has 1 amide bonds. The van der Waals surface area contributed by atoms with Crippen LogP contribution in [0.2, 0.25) is 0 Å². The summed E-state index contributed by atoms with van der Waals surface area (Å²) in [4.78, 5) is 22.1. The van der Waals surface area contributed by atoms with E-state index in [4.69, 9.17) is 4.74 Å². The molecule has 0 spiro atoms. The number of ether oxygens (including phenoxy) is 2. The number of methoxy groups -OCH3 is 1. The molecule has 0 aromatic carbocycles. The Labute approximate surface area is 90.1 Å². The van der Waals surface area contributed by atoms with Crippen LogP contribution in [0.25, 0.3) is 0 Å². The lowest BCUT2D eigenvalue weighted by Crippen LogP contribution is -2.45. The molecule has 0 aliphatic heterocycles. The highest BCUT2D eigenvalue weighted by Gasteiger charge is 2.23. The van der Waals surface area contributed by atoms with Crippen molar-refractivity contribution in [3.63, 3.8) is 0 Å². The van der Waals surface area contributed by atoms with Crippen LogP contribution in [0.5, 0.6) is 0 Å². The largest absolute Gasteiger partial charge is 0.467 e. The molecule has 0 radical (unpaired) electrons. The molecule has 0 aliphatic rings. The van der Waals surface area contributed by atoms with Crippen LogP contribution in [0.3, 0.4) is 0 Å². The van der Waals surface area contributed by atoms with E-state index in [2.05, 4.69) is 10.1 Å². The van der Waals surface area contributed by atoms with Gasteiger partial charge in [0.2, 0.25) is 5.91 Å². The van der Waals surface area contributed by atoms with Gasteiger partial charge in [0.05, 0.1) is 19.3 Å². The molecule has 0 bridgehead atoms. The lowest BCUT2D eigenvalue weighted by Gasteiger charge is -2.23. The highest BCUT2D eigenvalue weighted by molar-refractivity contribution is 5.83. The number of esters is 1. The Morgan fingerprint density at radius 3 is 2.20 bits per heavy atom. The van der Waals surface area contributed by atoms with Crippen molar-refractivity contribution in [2.24, 2.45) is 0 Å². The fourth-order valence-corrected chi connectivity index (χ4v) is 0.890. The number of rotatable bonds is 4. The van der Waals surface area contributed by atoms with Crippen molar-refractivity contribution in [1.82, 2.24) is 5.32 Å². The summed E-state index contributed by atoms with van der Waals surface area (Å²) in [5.74, 6) is -0.794. The van der Waals surface area contributed by atoms with E-state index in [1.165, 1.54) is 14.0 Å². The Morgan fingerprint density at radius 2 is 1.87 bits per heavy atom. The normalized spacial score (nSPS) is 13.1. The molecule has 0 heterocycles.